The second kappa shape index (κ2) is 12.6. The molecule has 1 saturated carbocycles. The van der Waals surface area contributed by atoms with Gasteiger partial charge in [0.2, 0.25) is 0 Å². The average molecular weight is 525 g/mol. The van der Waals surface area contributed by atoms with Crippen molar-refractivity contribution in [2.24, 2.45) is 5.92 Å². The largest absolute Gasteiger partial charge is 0.465 e. The molecule has 1 aliphatic carbocycles. The summed E-state index contributed by atoms with van der Waals surface area (Å²) in [5.74, 6) is 0.624. The van der Waals surface area contributed by atoms with Crippen molar-refractivity contribution in [3.8, 4) is 5.75 Å². The minimum atomic E-state index is -1.19. The molecule has 0 atom stereocenters. The smallest absolute Gasteiger partial charge is 0.407 e. The van der Waals surface area contributed by atoms with Gasteiger partial charge in [0.1, 0.15) is 17.2 Å². The van der Waals surface area contributed by atoms with E-state index in [1.807, 2.05) is 26.8 Å². The van der Waals surface area contributed by atoms with E-state index in [4.69, 9.17) is 18.9 Å². The van der Waals surface area contributed by atoms with Gasteiger partial charge in [0.05, 0.1) is 18.9 Å². The molecular formula is C27H45FN2O5Si. The highest BCUT2D eigenvalue weighted by molar-refractivity contribution is 6.76. The lowest BCUT2D eigenvalue weighted by Crippen LogP contribution is -2.48. The summed E-state index contributed by atoms with van der Waals surface area (Å²) in [4.78, 5) is 14.6. The highest BCUT2D eigenvalue weighted by Crippen LogP contribution is 2.36. The lowest BCUT2D eigenvalue weighted by Gasteiger charge is -2.42. The zero-order valence-corrected chi connectivity index (χ0v) is 23.9. The molecule has 1 amide bonds. The first-order valence-corrected chi connectivity index (χ1v) is 16.9. The SMILES string of the molecule is CC(C)(C)OC(=O)NC1CCC(N(CC2COC2)c2ccc(F)cc2OCOCC[Si](C)(C)C)CC1. The molecule has 1 aromatic rings. The number of carbonyl (C=O) groups is 1. The van der Waals surface area contributed by atoms with E-state index >= 15 is 0 Å². The molecule has 1 N–H and O–H groups in total. The van der Waals surface area contributed by atoms with Gasteiger partial charge in [0.15, 0.2) is 6.79 Å². The third kappa shape index (κ3) is 9.56. The van der Waals surface area contributed by atoms with Gasteiger partial charge in [-0.25, -0.2) is 9.18 Å². The minimum Gasteiger partial charge on any atom is -0.465 e. The summed E-state index contributed by atoms with van der Waals surface area (Å²) < 4.78 is 36.8. The number of rotatable bonds is 11. The molecular weight excluding hydrogens is 479 g/mol. The third-order valence-electron chi connectivity index (χ3n) is 6.55. The van der Waals surface area contributed by atoms with Crippen LogP contribution in [-0.4, -0.2) is 65.0 Å². The Hall–Kier alpha value is -1.84. The number of hydrogen-bond acceptors (Lipinski definition) is 6. The van der Waals surface area contributed by atoms with Crippen LogP contribution < -0.4 is 15.0 Å². The molecule has 0 aromatic heterocycles. The Bertz CT molecular complexity index is 846. The topological polar surface area (TPSA) is 69.3 Å². The molecule has 9 heteroatoms. The van der Waals surface area contributed by atoms with E-state index < -0.39 is 13.7 Å². The number of nitrogens with one attached hydrogen (secondary N) is 1. The van der Waals surface area contributed by atoms with Gasteiger partial charge in [-0.1, -0.05) is 19.6 Å². The van der Waals surface area contributed by atoms with E-state index in [1.165, 1.54) is 12.1 Å². The number of anilines is 1. The van der Waals surface area contributed by atoms with Crippen LogP contribution in [-0.2, 0) is 14.2 Å². The van der Waals surface area contributed by atoms with Gasteiger partial charge in [-0.3, -0.25) is 0 Å². The maximum atomic E-state index is 14.2. The second-order valence-corrected chi connectivity index (χ2v) is 17.9. The van der Waals surface area contributed by atoms with Crippen molar-refractivity contribution in [2.45, 2.75) is 89.8 Å². The van der Waals surface area contributed by atoms with Gasteiger partial charge in [0, 0.05) is 45.3 Å². The van der Waals surface area contributed by atoms with E-state index in [0.717, 1.165) is 57.2 Å². The Morgan fingerprint density at radius 1 is 1.17 bits per heavy atom. The summed E-state index contributed by atoms with van der Waals surface area (Å²) in [5, 5.41) is 3.02. The van der Waals surface area contributed by atoms with Gasteiger partial charge in [-0.2, -0.15) is 0 Å². The fourth-order valence-corrected chi connectivity index (χ4v) is 5.26. The first-order chi connectivity index (χ1) is 16.9. The normalized spacial score (nSPS) is 21.0. The molecule has 204 valence electrons. The fraction of sp³-hybridized carbons (Fsp3) is 0.741. The molecule has 0 unspecified atom stereocenters. The molecule has 1 aromatic carbocycles. The highest BCUT2D eigenvalue weighted by atomic mass is 28.3. The van der Waals surface area contributed by atoms with Crippen LogP contribution in [0, 0.1) is 11.7 Å². The van der Waals surface area contributed by atoms with Crippen LogP contribution in [0.15, 0.2) is 18.2 Å². The van der Waals surface area contributed by atoms with Crippen molar-refractivity contribution in [1.29, 1.82) is 0 Å². The van der Waals surface area contributed by atoms with Gasteiger partial charge < -0.3 is 29.2 Å². The monoisotopic (exact) mass is 524 g/mol. The van der Waals surface area contributed by atoms with E-state index in [1.54, 1.807) is 0 Å². The van der Waals surface area contributed by atoms with Crippen LogP contribution >= 0.6 is 0 Å². The van der Waals surface area contributed by atoms with Crippen LogP contribution in [0.4, 0.5) is 14.9 Å². The van der Waals surface area contributed by atoms with Crippen molar-refractivity contribution >= 4 is 19.9 Å². The van der Waals surface area contributed by atoms with E-state index in [2.05, 4.69) is 29.9 Å². The first kappa shape index (κ1) is 28.7. The molecule has 1 aliphatic heterocycles. The minimum absolute atomic E-state index is 0.0914. The van der Waals surface area contributed by atoms with Crippen LogP contribution in [0.25, 0.3) is 0 Å². The Morgan fingerprint density at radius 3 is 2.44 bits per heavy atom. The first-order valence-electron chi connectivity index (χ1n) is 13.2. The average Bonchev–Trinajstić information content (AvgIpc) is 2.72. The number of ether oxygens (including phenoxy) is 4. The number of nitrogens with zero attached hydrogens (tertiary/aromatic N) is 1. The summed E-state index contributed by atoms with van der Waals surface area (Å²) in [5.41, 5.74) is 0.376. The van der Waals surface area contributed by atoms with E-state index in [-0.39, 0.29) is 30.8 Å². The Labute approximate surface area is 217 Å². The second-order valence-electron chi connectivity index (χ2n) is 12.3. The highest BCUT2D eigenvalue weighted by Gasteiger charge is 2.32. The Morgan fingerprint density at radius 2 is 1.86 bits per heavy atom. The maximum Gasteiger partial charge on any atom is 0.407 e. The predicted octanol–water partition coefficient (Wildman–Crippen LogP) is 5.81. The lowest BCUT2D eigenvalue weighted by atomic mass is 9.89. The van der Waals surface area contributed by atoms with Crippen LogP contribution in [0.1, 0.15) is 46.5 Å². The van der Waals surface area contributed by atoms with Crippen molar-refractivity contribution < 1.29 is 28.1 Å². The molecule has 1 saturated heterocycles. The molecule has 0 spiro atoms. The van der Waals surface area contributed by atoms with Crippen LogP contribution in [0.2, 0.25) is 25.7 Å². The van der Waals surface area contributed by atoms with Crippen molar-refractivity contribution in [1.82, 2.24) is 5.32 Å². The van der Waals surface area contributed by atoms with Crippen LogP contribution in [0.5, 0.6) is 5.75 Å². The zero-order valence-electron chi connectivity index (χ0n) is 22.9. The number of amides is 1. The molecule has 1 heterocycles. The fourth-order valence-electron chi connectivity index (χ4n) is 4.50. The number of halogens is 1. The quantitative estimate of drug-likeness (QED) is 0.224. The standard InChI is InChI=1S/C27H45FN2O5Si/c1-27(2,3)35-26(31)29-22-8-10-23(11-9-22)30(16-20-17-33-18-20)24-12-7-21(28)15-25(24)34-19-32-13-14-36(4,5)6/h7,12,15,20,22-23H,8-11,13-14,16-19H2,1-6H3,(H,29,31). The molecule has 7 nitrogen and oxygen atoms in total. The third-order valence-corrected chi connectivity index (χ3v) is 8.25. The maximum absolute atomic E-state index is 14.2. The summed E-state index contributed by atoms with van der Waals surface area (Å²) in [6.45, 7) is 15.6. The summed E-state index contributed by atoms with van der Waals surface area (Å²) in [6, 6.07) is 6.18. The molecule has 0 bridgehead atoms. The predicted molar refractivity (Wildman–Crippen MR) is 143 cm³/mol. The van der Waals surface area contributed by atoms with Gasteiger partial charge >= 0.3 is 6.09 Å². The molecule has 36 heavy (non-hydrogen) atoms. The molecule has 2 aliphatic rings. The molecule has 0 radical (unpaired) electrons. The van der Waals surface area contributed by atoms with Crippen LogP contribution in [0.3, 0.4) is 0 Å². The van der Waals surface area contributed by atoms with E-state index in [0.29, 0.717) is 18.3 Å². The number of alkyl carbamates (subject to hydrolysis) is 1. The Kier molecular flexibility index (Phi) is 10.1. The summed E-state index contributed by atoms with van der Waals surface area (Å²) in [6.07, 6.45) is 3.19. The van der Waals surface area contributed by atoms with Crippen molar-refractivity contribution in [3.05, 3.63) is 24.0 Å². The van der Waals surface area contributed by atoms with Gasteiger partial charge in [-0.15, -0.1) is 0 Å². The Balaban J connectivity index is 1.64. The lowest BCUT2D eigenvalue weighted by molar-refractivity contribution is -0.0288. The number of benzene rings is 1. The number of carbonyl (C=O) groups excluding carboxylic acids is 1. The zero-order chi connectivity index (χ0) is 26.3. The van der Waals surface area contributed by atoms with Crippen molar-refractivity contribution in [2.75, 3.05) is 38.1 Å². The summed E-state index contributed by atoms with van der Waals surface area (Å²) >= 11 is 0. The van der Waals surface area contributed by atoms with Crippen molar-refractivity contribution in [3.63, 3.8) is 0 Å². The molecule has 2 fully saturated rings. The summed E-state index contributed by atoms with van der Waals surface area (Å²) in [7, 11) is -1.19. The van der Waals surface area contributed by atoms with E-state index in [9.17, 15) is 9.18 Å². The molecule has 3 rings (SSSR count). The number of hydrogen-bond donors (Lipinski definition) is 1. The van der Waals surface area contributed by atoms with Gasteiger partial charge in [-0.05, 0) is 64.6 Å². The van der Waals surface area contributed by atoms with Gasteiger partial charge in [0.25, 0.3) is 0 Å².